The molecule has 9 heteroatoms. The molecular formula is C20H30N2O7. The lowest BCUT2D eigenvalue weighted by molar-refractivity contribution is 0.0140. The van der Waals surface area contributed by atoms with E-state index in [1.165, 1.54) is 28.4 Å². The number of rotatable bonds is 5. The van der Waals surface area contributed by atoms with Gasteiger partial charge in [0.2, 0.25) is 11.5 Å². The van der Waals surface area contributed by atoms with E-state index in [9.17, 15) is 9.59 Å². The van der Waals surface area contributed by atoms with Crippen LogP contribution in [-0.4, -0.2) is 82.0 Å². The molecule has 0 bridgehead atoms. The van der Waals surface area contributed by atoms with Gasteiger partial charge in [-0.1, -0.05) is 0 Å². The normalized spacial score (nSPS) is 14.3. The maximum atomic E-state index is 13.2. The molecular weight excluding hydrogens is 380 g/mol. The molecule has 1 saturated heterocycles. The molecule has 0 N–H and O–H groups in total. The van der Waals surface area contributed by atoms with Gasteiger partial charge in [-0.2, -0.15) is 0 Å². The van der Waals surface area contributed by atoms with Crippen molar-refractivity contribution in [3.8, 4) is 23.0 Å². The molecule has 1 aliphatic rings. The van der Waals surface area contributed by atoms with Crippen LogP contribution in [-0.2, 0) is 4.74 Å². The lowest BCUT2D eigenvalue weighted by atomic mass is 10.1. The van der Waals surface area contributed by atoms with E-state index >= 15 is 0 Å². The van der Waals surface area contributed by atoms with Gasteiger partial charge in [-0.3, -0.25) is 4.79 Å². The van der Waals surface area contributed by atoms with E-state index in [0.717, 1.165) is 0 Å². The molecule has 162 valence electrons. The van der Waals surface area contributed by atoms with Crippen LogP contribution < -0.4 is 18.9 Å². The number of benzene rings is 1. The van der Waals surface area contributed by atoms with E-state index in [-0.39, 0.29) is 23.5 Å². The Hall–Kier alpha value is -2.84. The topological polar surface area (TPSA) is 86.8 Å². The van der Waals surface area contributed by atoms with Crippen molar-refractivity contribution < 1.29 is 33.3 Å². The standard InChI is InChI=1S/C20H30N2O7/c1-20(2,3)29-19(24)22-10-8-21(9-11-22)18(23)13-12-14(25-4)16(27-6)17(28-7)15(13)26-5/h12H,8-11H2,1-7H3. The SMILES string of the molecule is COc1cc(C(=O)N2CCN(C(=O)OC(C)(C)C)CC2)c(OC)c(OC)c1OC. The van der Waals surface area contributed by atoms with Gasteiger partial charge >= 0.3 is 6.09 Å². The smallest absolute Gasteiger partial charge is 0.410 e. The van der Waals surface area contributed by atoms with Crippen molar-refractivity contribution in [3.63, 3.8) is 0 Å². The first kappa shape index (κ1) is 22.4. The number of hydrogen-bond acceptors (Lipinski definition) is 7. The summed E-state index contributed by atoms with van der Waals surface area (Å²) in [5, 5.41) is 0. The number of ether oxygens (including phenoxy) is 5. The van der Waals surface area contributed by atoms with Crippen LogP contribution in [0, 0.1) is 0 Å². The predicted octanol–water partition coefficient (Wildman–Crippen LogP) is 2.41. The fourth-order valence-electron chi connectivity index (χ4n) is 3.08. The molecule has 0 saturated carbocycles. The van der Waals surface area contributed by atoms with Gasteiger partial charge in [0.15, 0.2) is 11.5 Å². The van der Waals surface area contributed by atoms with Crippen LogP contribution in [0.5, 0.6) is 23.0 Å². The zero-order valence-electron chi connectivity index (χ0n) is 18.2. The Morgan fingerprint density at radius 2 is 1.31 bits per heavy atom. The number of hydrogen-bond donors (Lipinski definition) is 0. The number of carbonyl (C=O) groups is 2. The van der Waals surface area contributed by atoms with Crippen molar-refractivity contribution in [1.29, 1.82) is 0 Å². The Labute approximate surface area is 171 Å². The van der Waals surface area contributed by atoms with Crippen LogP contribution in [0.4, 0.5) is 4.79 Å². The van der Waals surface area contributed by atoms with Crippen LogP contribution in [0.15, 0.2) is 6.07 Å². The zero-order valence-corrected chi connectivity index (χ0v) is 18.2. The van der Waals surface area contributed by atoms with Crippen molar-refractivity contribution in [2.45, 2.75) is 26.4 Å². The lowest BCUT2D eigenvalue weighted by Crippen LogP contribution is -2.51. The van der Waals surface area contributed by atoms with Crippen molar-refractivity contribution in [2.75, 3.05) is 54.6 Å². The molecule has 1 fully saturated rings. The van der Waals surface area contributed by atoms with Crippen molar-refractivity contribution in [2.24, 2.45) is 0 Å². The minimum absolute atomic E-state index is 0.245. The molecule has 0 aromatic heterocycles. The summed E-state index contributed by atoms with van der Waals surface area (Å²) in [5.41, 5.74) is -0.263. The summed E-state index contributed by atoms with van der Waals surface area (Å²) in [5.74, 6) is 1.01. The Morgan fingerprint density at radius 1 is 0.793 bits per heavy atom. The van der Waals surface area contributed by atoms with E-state index in [1.54, 1.807) is 15.9 Å². The molecule has 0 aliphatic carbocycles. The summed E-state index contributed by atoms with van der Waals surface area (Å²) >= 11 is 0. The van der Waals surface area contributed by atoms with E-state index in [0.29, 0.717) is 43.2 Å². The van der Waals surface area contributed by atoms with Crippen molar-refractivity contribution in [3.05, 3.63) is 11.6 Å². The second kappa shape index (κ2) is 9.11. The van der Waals surface area contributed by atoms with Crippen LogP contribution in [0.25, 0.3) is 0 Å². The van der Waals surface area contributed by atoms with E-state index < -0.39 is 5.60 Å². The molecule has 1 heterocycles. The first-order chi connectivity index (χ1) is 13.7. The summed E-state index contributed by atoms with van der Waals surface area (Å²) in [7, 11) is 5.89. The highest BCUT2D eigenvalue weighted by atomic mass is 16.6. The maximum absolute atomic E-state index is 13.2. The zero-order chi connectivity index (χ0) is 21.8. The number of carbonyl (C=O) groups excluding carboxylic acids is 2. The van der Waals surface area contributed by atoms with Crippen LogP contribution in [0.2, 0.25) is 0 Å². The Kier molecular flexibility index (Phi) is 7.05. The molecule has 0 spiro atoms. The summed E-state index contributed by atoms with van der Waals surface area (Å²) in [6.07, 6.45) is -0.380. The molecule has 0 unspecified atom stereocenters. The van der Waals surface area contributed by atoms with Gasteiger partial charge in [0.1, 0.15) is 5.60 Å². The molecule has 1 aromatic carbocycles. The Balaban J connectivity index is 2.22. The highest BCUT2D eigenvalue weighted by molar-refractivity contribution is 5.99. The molecule has 0 radical (unpaired) electrons. The average Bonchev–Trinajstić information content (AvgIpc) is 2.70. The molecule has 2 amide bonds. The number of amides is 2. The van der Waals surface area contributed by atoms with Gasteiger partial charge in [0.05, 0.1) is 34.0 Å². The van der Waals surface area contributed by atoms with Gasteiger partial charge in [-0.05, 0) is 20.8 Å². The molecule has 1 aromatic rings. The Bertz CT molecular complexity index is 750. The van der Waals surface area contributed by atoms with E-state index in [1.807, 2.05) is 20.8 Å². The fourth-order valence-corrected chi connectivity index (χ4v) is 3.08. The maximum Gasteiger partial charge on any atom is 0.410 e. The monoisotopic (exact) mass is 410 g/mol. The molecule has 0 atom stereocenters. The Morgan fingerprint density at radius 3 is 1.76 bits per heavy atom. The van der Waals surface area contributed by atoms with Crippen LogP contribution in [0.1, 0.15) is 31.1 Å². The fraction of sp³-hybridized carbons (Fsp3) is 0.600. The van der Waals surface area contributed by atoms with Gasteiger partial charge in [-0.15, -0.1) is 0 Å². The minimum Gasteiger partial charge on any atom is -0.493 e. The highest BCUT2D eigenvalue weighted by Crippen LogP contribution is 2.46. The highest BCUT2D eigenvalue weighted by Gasteiger charge is 2.31. The minimum atomic E-state index is -0.562. The number of piperazine rings is 1. The summed E-state index contributed by atoms with van der Waals surface area (Å²) < 4.78 is 26.9. The van der Waals surface area contributed by atoms with Crippen LogP contribution >= 0.6 is 0 Å². The second-order valence-corrected chi connectivity index (χ2v) is 7.49. The number of nitrogens with zero attached hydrogens (tertiary/aromatic N) is 2. The second-order valence-electron chi connectivity index (χ2n) is 7.49. The third kappa shape index (κ3) is 4.96. The first-order valence-corrected chi connectivity index (χ1v) is 9.31. The molecule has 1 aliphatic heterocycles. The first-order valence-electron chi connectivity index (χ1n) is 9.31. The summed E-state index contributed by atoms with van der Waals surface area (Å²) in [6.45, 7) is 6.97. The third-order valence-electron chi connectivity index (χ3n) is 4.44. The van der Waals surface area contributed by atoms with E-state index in [4.69, 9.17) is 23.7 Å². The van der Waals surface area contributed by atoms with E-state index in [2.05, 4.69) is 0 Å². The quantitative estimate of drug-likeness (QED) is 0.737. The van der Waals surface area contributed by atoms with Gasteiger partial charge in [-0.25, -0.2) is 4.79 Å². The predicted molar refractivity (Wildman–Crippen MR) is 106 cm³/mol. The summed E-state index contributed by atoms with van der Waals surface area (Å²) in [6, 6.07) is 1.57. The molecule has 29 heavy (non-hydrogen) atoms. The third-order valence-corrected chi connectivity index (χ3v) is 4.44. The van der Waals surface area contributed by atoms with Crippen molar-refractivity contribution >= 4 is 12.0 Å². The van der Waals surface area contributed by atoms with Gasteiger partial charge < -0.3 is 33.5 Å². The van der Waals surface area contributed by atoms with Crippen molar-refractivity contribution in [1.82, 2.24) is 9.80 Å². The van der Waals surface area contributed by atoms with Gasteiger partial charge in [0.25, 0.3) is 5.91 Å². The average molecular weight is 410 g/mol. The molecule has 9 nitrogen and oxygen atoms in total. The van der Waals surface area contributed by atoms with Crippen LogP contribution in [0.3, 0.4) is 0 Å². The largest absolute Gasteiger partial charge is 0.493 e. The summed E-state index contributed by atoms with van der Waals surface area (Å²) in [4.78, 5) is 28.7. The lowest BCUT2D eigenvalue weighted by Gasteiger charge is -2.35. The molecule has 2 rings (SSSR count). The number of methoxy groups -OCH3 is 4. The van der Waals surface area contributed by atoms with Gasteiger partial charge in [0, 0.05) is 32.2 Å².